The zero-order valence-corrected chi connectivity index (χ0v) is 11.2. The second-order valence-corrected chi connectivity index (χ2v) is 4.26. The first-order valence-corrected chi connectivity index (χ1v) is 5.99. The first-order chi connectivity index (χ1) is 9.40. The molecule has 1 unspecified atom stereocenters. The molecule has 0 aliphatic carbocycles. The molecule has 8 heteroatoms. The number of nitro groups is 1. The number of hydrogen-bond acceptors (Lipinski definition) is 6. The van der Waals surface area contributed by atoms with Gasteiger partial charge < -0.3 is 10.6 Å². The molecule has 20 heavy (non-hydrogen) atoms. The van der Waals surface area contributed by atoms with Crippen molar-refractivity contribution in [2.45, 2.75) is 13.8 Å². The maximum Gasteiger partial charge on any atom is 0.300 e. The monoisotopic (exact) mass is 277 g/mol. The Morgan fingerprint density at radius 3 is 2.85 bits per heavy atom. The van der Waals surface area contributed by atoms with Crippen LogP contribution in [-0.4, -0.2) is 33.8 Å². The molecule has 0 aliphatic heterocycles. The van der Waals surface area contributed by atoms with Crippen LogP contribution in [0.1, 0.15) is 24.2 Å². The number of carbonyl (C=O) groups is 1. The normalized spacial score (nSPS) is 11.4. The number of amides is 1. The Morgan fingerprint density at radius 2 is 2.35 bits per heavy atom. The molecule has 1 aromatic rings. The van der Waals surface area contributed by atoms with Crippen molar-refractivity contribution in [1.29, 1.82) is 5.26 Å². The zero-order valence-electron chi connectivity index (χ0n) is 11.2. The van der Waals surface area contributed by atoms with Crippen molar-refractivity contribution in [2.75, 3.05) is 18.8 Å². The van der Waals surface area contributed by atoms with Crippen LogP contribution in [0.5, 0.6) is 0 Å². The highest BCUT2D eigenvalue weighted by atomic mass is 16.6. The van der Waals surface area contributed by atoms with E-state index in [9.17, 15) is 14.9 Å². The summed E-state index contributed by atoms with van der Waals surface area (Å²) in [5, 5.41) is 19.7. The van der Waals surface area contributed by atoms with Gasteiger partial charge in [-0.15, -0.1) is 0 Å². The zero-order chi connectivity index (χ0) is 15.3. The van der Waals surface area contributed by atoms with E-state index in [2.05, 4.69) is 4.98 Å². The number of aromatic nitrogens is 1. The van der Waals surface area contributed by atoms with E-state index in [1.165, 1.54) is 11.0 Å². The summed E-state index contributed by atoms with van der Waals surface area (Å²) in [6.07, 6.45) is 0.962. The Hall–Kier alpha value is -2.69. The maximum atomic E-state index is 12.3. The van der Waals surface area contributed by atoms with Crippen molar-refractivity contribution in [3.63, 3.8) is 0 Å². The summed E-state index contributed by atoms with van der Waals surface area (Å²) < 4.78 is 0. The fourth-order valence-electron chi connectivity index (χ4n) is 1.68. The van der Waals surface area contributed by atoms with E-state index < -0.39 is 16.5 Å². The van der Waals surface area contributed by atoms with Gasteiger partial charge in [-0.05, 0) is 19.9 Å². The Bertz CT molecular complexity index is 567. The van der Waals surface area contributed by atoms with Gasteiger partial charge in [-0.1, -0.05) is 0 Å². The summed E-state index contributed by atoms with van der Waals surface area (Å²) in [5.74, 6) is -0.865. The van der Waals surface area contributed by atoms with Gasteiger partial charge in [0.2, 0.25) is 0 Å². The van der Waals surface area contributed by atoms with Crippen LogP contribution in [-0.2, 0) is 0 Å². The number of pyridine rings is 1. The fraction of sp³-hybridized carbons (Fsp3) is 0.417. The van der Waals surface area contributed by atoms with E-state index in [1.807, 2.05) is 6.07 Å². The molecule has 8 nitrogen and oxygen atoms in total. The quantitative estimate of drug-likeness (QED) is 0.636. The van der Waals surface area contributed by atoms with Crippen molar-refractivity contribution in [1.82, 2.24) is 9.88 Å². The molecular weight excluding hydrogens is 262 g/mol. The van der Waals surface area contributed by atoms with Crippen molar-refractivity contribution >= 4 is 17.4 Å². The van der Waals surface area contributed by atoms with E-state index in [1.54, 1.807) is 13.8 Å². The van der Waals surface area contributed by atoms with Crippen molar-refractivity contribution in [3.8, 4) is 6.07 Å². The topological polar surface area (TPSA) is 126 Å². The number of carbonyl (C=O) groups excluding carboxylic acids is 1. The van der Waals surface area contributed by atoms with Crippen molar-refractivity contribution in [2.24, 2.45) is 5.92 Å². The minimum absolute atomic E-state index is 0.0309. The predicted molar refractivity (Wildman–Crippen MR) is 71.7 cm³/mol. The molecule has 0 bridgehead atoms. The minimum atomic E-state index is -0.679. The van der Waals surface area contributed by atoms with Crippen LogP contribution in [0.2, 0.25) is 0 Å². The van der Waals surface area contributed by atoms with E-state index >= 15 is 0 Å². The molecule has 106 valence electrons. The van der Waals surface area contributed by atoms with E-state index in [4.69, 9.17) is 11.0 Å². The lowest BCUT2D eigenvalue weighted by atomic mass is 10.1. The first-order valence-electron chi connectivity index (χ1n) is 5.99. The molecule has 0 fully saturated rings. The summed E-state index contributed by atoms with van der Waals surface area (Å²) >= 11 is 0. The lowest BCUT2D eigenvalue weighted by Crippen LogP contribution is -2.34. The molecule has 0 aromatic carbocycles. The SMILES string of the molecule is CCN(CC(C)C#N)C(=O)c1cc(N)ncc1[N+](=O)[O-]. The lowest BCUT2D eigenvalue weighted by Gasteiger charge is -2.21. The first kappa shape index (κ1) is 15.4. The molecule has 1 heterocycles. The number of nitrogen functional groups attached to an aromatic ring is 1. The van der Waals surface area contributed by atoms with Crippen molar-refractivity contribution in [3.05, 3.63) is 27.9 Å². The summed E-state index contributed by atoms with van der Waals surface area (Å²) in [6.45, 7) is 3.94. The van der Waals surface area contributed by atoms with Gasteiger partial charge in [0, 0.05) is 13.1 Å². The second kappa shape index (κ2) is 6.47. The summed E-state index contributed by atoms with van der Waals surface area (Å²) in [5.41, 5.74) is 4.97. The maximum absolute atomic E-state index is 12.3. The Balaban J connectivity index is 3.15. The molecule has 1 atom stereocenters. The number of nitrogens with two attached hydrogens (primary N) is 1. The smallest absolute Gasteiger partial charge is 0.300 e. The molecule has 0 aliphatic rings. The van der Waals surface area contributed by atoms with Crippen LogP contribution < -0.4 is 5.73 Å². The van der Waals surface area contributed by atoms with Crippen LogP contribution in [0.4, 0.5) is 11.5 Å². The van der Waals surface area contributed by atoms with Gasteiger partial charge in [-0.3, -0.25) is 14.9 Å². The summed E-state index contributed by atoms with van der Waals surface area (Å²) in [6, 6.07) is 3.20. The molecular formula is C12H15N5O3. The van der Waals surface area contributed by atoms with Gasteiger partial charge in [-0.25, -0.2) is 4.98 Å². The van der Waals surface area contributed by atoms with Crippen LogP contribution in [0, 0.1) is 27.4 Å². The van der Waals surface area contributed by atoms with Crippen LogP contribution in [0.25, 0.3) is 0 Å². The predicted octanol–water partition coefficient (Wildman–Crippen LogP) is 1.19. The third-order valence-corrected chi connectivity index (χ3v) is 2.71. The Kier molecular flexibility index (Phi) is 4.97. The fourth-order valence-corrected chi connectivity index (χ4v) is 1.68. The van der Waals surface area contributed by atoms with Gasteiger partial charge in [-0.2, -0.15) is 5.26 Å². The van der Waals surface area contributed by atoms with E-state index in [0.29, 0.717) is 6.54 Å². The Labute approximate surface area is 116 Å². The van der Waals surface area contributed by atoms with Crippen LogP contribution in [0.15, 0.2) is 12.3 Å². The molecule has 1 aromatic heterocycles. The highest BCUT2D eigenvalue weighted by Gasteiger charge is 2.25. The van der Waals surface area contributed by atoms with Crippen LogP contribution in [0.3, 0.4) is 0 Å². The van der Waals surface area contributed by atoms with Gasteiger partial charge >= 0.3 is 0 Å². The van der Waals surface area contributed by atoms with Gasteiger partial charge in [0.25, 0.3) is 11.6 Å². The minimum Gasteiger partial charge on any atom is -0.384 e. The molecule has 0 saturated carbocycles. The molecule has 0 radical (unpaired) electrons. The summed E-state index contributed by atoms with van der Waals surface area (Å²) in [7, 11) is 0. The van der Waals surface area contributed by atoms with E-state index in [-0.39, 0.29) is 23.8 Å². The third kappa shape index (κ3) is 3.41. The molecule has 1 amide bonds. The van der Waals surface area contributed by atoms with Gasteiger partial charge in [0.05, 0.1) is 16.9 Å². The van der Waals surface area contributed by atoms with Gasteiger partial charge in [0.15, 0.2) is 0 Å². The van der Waals surface area contributed by atoms with Crippen LogP contribution >= 0.6 is 0 Å². The van der Waals surface area contributed by atoms with Gasteiger partial charge in [0.1, 0.15) is 17.6 Å². The number of nitriles is 1. The summed E-state index contributed by atoms with van der Waals surface area (Å²) in [4.78, 5) is 27.6. The largest absolute Gasteiger partial charge is 0.384 e. The molecule has 2 N–H and O–H groups in total. The average molecular weight is 277 g/mol. The average Bonchev–Trinajstić information content (AvgIpc) is 2.43. The lowest BCUT2D eigenvalue weighted by molar-refractivity contribution is -0.385. The number of hydrogen-bond donors (Lipinski definition) is 1. The molecule has 0 spiro atoms. The number of rotatable bonds is 5. The third-order valence-electron chi connectivity index (χ3n) is 2.71. The standard InChI is InChI=1S/C12H15N5O3/c1-3-16(7-8(2)5-13)12(18)9-4-11(14)15-6-10(9)17(19)20/h4,6,8H,3,7H2,1-2H3,(H2,14,15). The molecule has 1 rings (SSSR count). The number of anilines is 1. The van der Waals surface area contributed by atoms with Crippen molar-refractivity contribution < 1.29 is 9.72 Å². The van der Waals surface area contributed by atoms with E-state index in [0.717, 1.165) is 6.20 Å². The Morgan fingerprint density at radius 1 is 1.70 bits per heavy atom. The number of nitrogens with zero attached hydrogens (tertiary/aromatic N) is 4. The molecule has 0 saturated heterocycles. The highest BCUT2D eigenvalue weighted by molar-refractivity contribution is 5.98. The second-order valence-electron chi connectivity index (χ2n) is 4.26. The highest BCUT2D eigenvalue weighted by Crippen LogP contribution is 2.21.